The van der Waals surface area contributed by atoms with Crippen molar-refractivity contribution in [3.63, 3.8) is 0 Å². The molecule has 22 heavy (non-hydrogen) atoms. The summed E-state index contributed by atoms with van der Waals surface area (Å²) < 4.78 is 19.3. The molecule has 0 aliphatic carbocycles. The molecule has 0 radical (unpaired) electrons. The van der Waals surface area contributed by atoms with E-state index in [0.29, 0.717) is 4.47 Å². The van der Waals surface area contributed by atoms with E-state index in [1.165, 1.54) is 12.3 Å². The van der Waals surface area contributed by atoms with Gasteiger partial charge < -0.3 is 10.1 Å². The number of carbonyl (C=O) groups excluding carboxylic acids is 2. The molecule has 0 saturated carbocycles. The number of benzene rings is 1. The van der Waals surface area contributed by atoms with Crippen LogP contribution in [0, 0.1) is 5.82 Å². The average molecular weight is 393 g/mol. The van der Waals surface area contributed by atoms with E-state index in [9.17, 15) is 14.0 Å². The van der Waals surface area contributed by atoms with Crippen molar-refractivity contribution in [3.05, 3.63) is 44.8 Å². The van der Waals surface area contributed by atoms with Crippen LogP contribution in [-0.2, 0) is 9.53 Å². The second kappa shape index (κ2) is 8.29. The fraction of sp³-hybridized carbons (Fsp3) is 0.333. The Morgan fingerprint density at radius 2 is 2.09 bits per heavy atom. The third kappa shape index (κ3) is 4.81. The molecule has 120 valence electrons. The number of nitrogens with one attached hydrogen (secondary N) is 1. The quantitative estimate of drug-likeness (QED) is 0.262. The molecule has 1 N–H and O–H groups in total. The lowest BCUT2D eigenvalue weighted by molar-refractivity contribution is -0.138. The van der Waals surface area contributed by atoms with E-state index in [1.807, 2.05) is 13.8 Å². The van der Waals surface area contributed by atoms with E-state index in [2.05, 4.69) is 21.2 Å². The zero-order chi connectivity index (χ0) is 16.9. The van der Waals surface area contributed by atoms with Crippen LogP contribution in [0.25, 0.3) is 0 Å². The summed E-state index contributed by atoms with van der Waals surface area (Å²) in [7, 11) is 0. The molecule has 1 aromatic rings. The van der Waals surface area contributed by atoms with Crippen molar-refractivity contribution >= 4 is 39.3 Å². The third-order valence-corrected chi connectivity index (χ3v) is 3.29. The molecule has 1 aromatic carbocycles. The van der Waals surface area contributed by atoms with E-state index in [0.717, 1.165) is 6.07 Å². The number of halogens is 3. The van der Waals surface area contributed by atoms with Gasteiger partial charge in [-0.15, -0.1) is 0 Å². The van der Waals surface area contributed by atoms with Crippen LogP contribution < -0.4 is 5.32 Å². The number of hydrogen-bond acceptors (Lipinski definition) is 4. The van der Waals surface area contributed by atoms with Gasteiger partial charge in [-0.2, -0.15) is 0 Å². The van der Waals surface area contributed by atoms with Crippen LogP contribution in [0.1, 0.15) is 31.1 Å². The van der Waals surface area contributed by atoms with E-state index >= 15 is 0 Å². The number of ether oxygens (including phenoxy) is 1. The Hall–Kier alpha value is -1.40. The SMILES string of the molecule is CCOC(=O)/C(=C\NC(C)C)C(=O)c1c(F)cc(Br)cc1Cl. The van der Waals surface area contributed by atoms with Crippen LogP contribution in [0.4, 0.5) is 4.39 Å². The van der Waals surface area contributed by atoms with Gasteiger partial charge in [0.1, 0.15) is 11.4 Å². The van der Waals surface area contributed by atoms with Gasteiger partial charge in [0, 0.05) is 16.7 Å². The van der Waals surface area contributed by atoms with Crippen LogP contribution in [0.5, 0.6) is 0 Å². The topological polar surface area (TPSA) is 55.4 Å². The Kier molecular flexibility index (Phi) is 7.03. The Labute approximate surface area is 141 Å². The van der Waals surface area contributed by atoms with Gasteiger partial charge in [0.15, 0.2) is 0 Å². The summed E-state index contributed by atoms with van der Waals surface area (Å²) in [6.07, 6.45) is 1.23. The van der Waals surface area contributed by atoms with Gasteiger partial charge in [-0.05, 0) is 32.9 Å². The molecular formula is C15H16BrClFNO3. The predicted molar refractivity (Wildman–Crippen MR) is 86.4 cm³/mol. The van der Waals surface area contributed by atoms with Crippen molar-refractivity contribution in [2.75, 3.05) is 6.61 Å². The van der Waals surface area contributed by atoms with Crippen LogP contribution in [0.3, 0.4) is 0 Å². The minimum absolute atomic E-state index is 0.0116. The van der Waals surface area contributed by atoms with E-state index < -0.39 is 17.6 Å². The molecular weight excluding hydrogens is 377 g/mol. The monoisotopic (exact) mass is 391 g/mol. The Bertz CT molecular complexity index is 594. The first kappa shape index (κ1) is 18.6. The fourth-order valence-corrected chi connectivity index (χ4v) is 2.43. The van der Waals surface area contributed by atoms with Gasteiger partial charge in [0.2, 0.25) is 5.78 Å². The van der Waals surface area contributed by atoms with Crippen molar-refractivity contribution in [3.8, 4) is 0 Å². The van der Waals surface area contributed by atoms with E-state index in [1.54, 1.807) is 6.92 Å². The second-order valence-corrected chi connectivity index (χ2v) is 6.00. The van der Waals surface area contributed by atoms with Crippen LogP contribution in [-0.4, -0.2) is 24.4 Å². The summed E-state index contributed by atoms with van der Waals surface area (Å²) in [6.45, 7) is 5.37. The molecule has 0 aromatic heterocycles. The Morgan fingerprint density at radius 3 is 2.59 bits per heavy atom. The molecule has 0 aliphatic heterocycles. The first-order chi connectivity index (χ1) is 10.3. The number of Topliss-reactive ketones (excluding diaryl/α,β-unsaturated/α-hetero) is 1. The zero-order valence-electron chi connectivity index (χ0n) is 12.4. The summed E-state index contributed by atoms with van der Waals surface area (Å²) >= 11 is 9.01. The molecule has 4 nitrogen and oxygen atoms in total. The molecule has 0 atom stereocenters. The zero-order valence-corrected chi connectivity index (χ0v) is 14.7. The van der Waals surface area contributed by atoms with Gasteiger partial charge in [0.05, 0.1) is 17.2 Å². The van der Waals surface area contributed by atoms with Gasteiger partial charge >= 0.3 is 5.97 Å². The van der Waals surface area contributed by atoms with Crippen molar-refractivity contribution in [1.29, 1.82) is 0 Å². The lowest BCUT2D eigenvalue weighted by Gasteiger charge is -2.11. The maximum absolute atomic E-state index is 14.0. The van der Waals surface area contributed by atoms with Crippen molar-refractivity contribution in [2.24, 2.45) is 0 Å². The second-order valence-electron chi connectivity index (χ2n) is 4.67. The predicted octanol–water partition coefficient (Wildman–Crippen LogP) is 3.87. The van der Waals surface area contributed by atoms with Crippen LogP contribution >= 0.6 is 27.5 Å². The minimum Gasteiger partial charge on any atom is -0.462 e. The molecule has 0 amide bonds. The highest BCUT2D eigenvalue weighted by atomic mass is 79.9. The number of esters is 1. The normalized spacial score (nSPS) is 11.5. The van der Waals surface area contributed by atoms with E-state index in [-0.39, 0.29) is 28.8 Å². The average Bonchev–Trinajstić information content (AvgIpc) is 2.37. The molecule has 0 saturated heterocycles. The van der Waals surface area contributed by atoms with Crippen molar-refractivity contribution in [2.45, 2.75) is 26.8 Å². The number of rotatable bonds is 6. The highest BCUT2D eigenvalue weighted by molar-refractivity contribution is 9.10. The summed E-state index contributed by atoms with van der Waals surface area (Å²) in [5.41, 5.74) is -0.673. The lowest BCUT2D eigenvalue weighted by Crippen LogP contribution is -2.23. The summed E-state index contributed by atoms with van der Waals surface area (Å²) in [5.74, 6) is -2.48. The van der Waals surface area contributed by atoms with Gasteiger partial charge in [0.25, 0.3) is 0 Å². The maximum atomic E-state index is 14.0. The van der Waals surface area contributed by atoms with Crippen molar-refractivity contribution < 1.29 is 18.7 Å². The third-order valence-electron chi connectivity index (χ3n) is 2.53. The smallest absolute Gasteiger partial charge is 0.343 e. The highest BCUT2D eigenvalue weighted by Gasteiger charge is 2.26. The highest BCUT2D eigenvalue weighted by Crippen LogP contribution is 2.27. The number of ketones is 1. The molecule has 7 heteroatoms. The van der Waals surface area contributed by atoms with E-state index in [4.69, 9.17) is 16.3 Å². The fourth-order valence-electron chi connectivity index (χ4n) is 1.57. The molecule has 0 aliphatic rings. The standard InChI is InChI=1S/C15H16BrClFNO3/c1-4-22-15(21)10(7-19-8(2)3)14(20)13-11(17)5-9(16)6-12(13)18/h5-8,19H,4H2,1-3H3/b10-7-. The first-order valence-corrected chi connectivity index (χ1v) is 7.77. The summed E-state index contributed by atoms with van der Waals surface area (Å²) in [4.78, 5) is 24.4. The largest absolute Gasteiger partial charge is 0.462 e. The van der Waals surface area contributed by atoms with Crippen LogP contribution in [0.2, 0.25) is 5.02 Å². The summed E-state index contributed by atoms with van der Waals surface area (Å²) in [5, 5.41) is 2.74. The van der Waals surface area contributed by atoms with Gasteiger partial charge in [-0.1, -0.05) is 27.5 Å². The number of carbonyl (C=O) groups is 2. The maximum Gasteiger partial charge on any atom is 0.343 e. The molecule has 0 unspecified atom stereocenters. The molecule has 0 spiro atoms. The molecule has 0 fully saturated rings. The first-order valence-electron chi connectivity index (χ1n) is 6.60. The molecule has 0 bridgehead atoms. The number of hydrogen-bond donors (Lipinski definition) is 1. The minimum atomic E-state index is -0.834. The van der Waals surface area contributed by atoms with Crippen molar-refractivity contribution in [1.82, 2.24) is 5.32 Å². The van der Waals surface area contributed by atoms with Crippen LogP contribution in [0.15, 0.2) is 28.4 Å². The Balaban J connectivity index is 3.28. The summed E-state index contributed by atoms with van der Waals surface area (Å²) in [6, 6.07) is 2.48. The van der Waals surface area contributed by atoms with Gasteiger partial charge in [-0.25, -0.2) is 9.18 Å². The van der Waals surface area contributed by atoms with Gasteiger partial charge in [-0.3, -0.25) is 4.79 Å². The Morgan fingerprint density at radius 1 is 1.45 bits per heavy atom. The lowest BCUT2D eigenvalue weighted by atomic mass is 10.0. The molecule has 1 rings (SSSR count). The molecule has 0 heterocycles.